The van der Waals surface area contributed by atoms with Gasteiger partial charge in [-0.15, -0.1) is 0 Å². The van der Waals surface area contributed by atoms with Crippen molar-refractivity contribution >= 4 is 11.8 Å². The Kier molecular flexibility index (Phi) is 4.63. The molecular weight excluding hydrogens is 218 g/mol. The Balaban J connectivity index is 1.85. The Bertz CT molecular complexity index is 298. The summed E-state index contributed by atoms with van der Waals surface area (Å²) >= 11 is 2.04. The molecule has 0 amide bonds. The Morgan fingerprint density at radius 1 is 1.50 bits per heavy atom. The van der Waals surface area contributed by atoms with Crippen molar-refractivity contribution in [3.63, 3.8) is 0 Å². The smallest absolute Gasteiger partial charge is 0.0565 e. The summed E-state index contributed by atoms with van der Waals surface area (Å²) in [6, 6.07) is 4.26. The number of rotatable bonds is 5. The highest BCUT2D eigenvalue weighted by atomic mass is 32.2. The van der Waals surface area contributed by atoms with Gasteiger partial charge in [0.05, 0.1) is 6.04 Å². The van der Waals surface area contributed by atoms with Gasteiger partial charge in [-0.1, -0.05) is 18.9 Å². The molecule has 0 aromatic carbocycles. The number of aromatic nitrogens is 1. The van der Waals surface area contributed by atoms with Gasteiger partial charge in [0.1, 0.15) is 0 Å². The fourth-order valence-electron chi connectivity index (χ4n) is 2.11. The number of nitrogens with two attached hydrogens (primary N) is 1. The van der Waals surface area contributed by atoms with E-state index in [1.165, 1.54) is 31.2 Å². The molecule has 1 aliphatic rings. The third-order valence-corrected chi connectivity index (χ3v) is 4.56. The van der Waals surface area contributed by atoms with Crippen LogP contribution >= 0.6 is 11.8 Å². The number of nitrogens with one attached hydrogen (secondary N) is 1. The van der Waals surface area contributed by atoms with Crippen molar-refractivity contribution < 1.29 is 0 Å². The second kappa shape index (κ2) is 6.23. The van der Waals surface area contributed by atoms with Gasteiger partial charge in [-0.3, -0.25) is 16.3 Å². The number of hydrogen-bond acceptors (Lipinski definition) is 4. The predicted molar refractivity (Wildman–Crippen MR) is 69.0 cm³/mol. The molecule has 0 radical (unpaired) electrons. The van der Waals surface area contributed by atoms with Crippen molar-refractivity contribution in [1.82, 2.24) is 10.4 Å². The Morgan fingerprint density at radius 3 is 2.94 bits per heavy atom. The van der Waals surface area contributed by atoms with Crippen LogP contribution in [-0.4, -0.2) is 16.0 Å². The lowest BCUT2D eigenvalue weighted by molar-refractivity contribution is 0.607. The van der Waals surface area contributed by atoms with E-state index in [2.05, 4.69) is 16.5 Å². The Labute approximate surface area is 101 Å². The minimum Gasteiger partial charge on any atom is -0.271 e. The SMILES string of the molecule is NNC(CSC1CCCC1)c1cccnc1. The molecule has 2 rings (SSSR count). The van der Waals surface area contributed by atoms with Gasteiger partial charge in [0.25, 0.3) is 0 Å². The van der Waals surface area contributed by atoms with Gasteiger partial charge in [0.2, 0.25) is 0 Å². The molecular formula is C12H19N3S. The zero-order chi connectivity index (χ0) is 11.2. The van der Waals surface area contributed by atoms with Gasteiger partial charge in [0.15, 0.2) is 0 Å². The van der Waals surface area contributed by atoms with E-state index in [0.717, 1.165) is 11.0 Å². The third-order valence-electron chi connectivity index (χ3n) is 3.09. The first-order valence-corrected chi connectivity index (χ1v) is 6.92. The third kappa shape index (κ3) is 3.20. The quantitative estimate of drug-likeness (QED) is 0.609. The first kappa shape index (κ1) is 11.9. The summed E-state index contributed by atoms with van der Waals surface area (Å²) in [6.07, 6.45) is 9.21. The molecule has 1 aromatic rings. The maximum atomic E-state index is 5.60. The summed E-state index contributed by atoms with van der Waals surface area (Å²) < 4.78 is 0. The minimum atomic E-state index is 0.222. The molecule has 1 heterocycles. The molecule has 1 fully saturated rings. The van der Waals surface area contributed by atoms with Crippen LogP contribution in [0.1, 0.15) is 37.3 Å². The van der Waals surface area contributed by atoms with Gasteiger partial charge in [-0.05, 0) is 24.5 Å². The van der Waals surface area contributed by atoms with Crippen molar-refractivity contribution in [1.29, 1.82) is 0 Å². The van der Waals surface area contributed by atoms with E-state index in [-0.39, 0.29) is 6.04 Å². The maximum absolute atomic E-state index is 5.60. The van der Waals surface area contributed by atoms with Gasteiger partial charge in [-0.25, -0.2) is 0 Å². The lowest BCUT2D eigenvalue weighted by atomic mass is 10.1. The first-order chi connectivity index (χ1) is 7.90. The number of thioether (sulfide) groups is 1. The fourth-order valence-corrected chi connectivity index (χ4v) is 3.53. The minimum absolute atomic E-state index is 0.222. The van der Waals surface area contributed by atoms with E-state index in [1.807, 2.05) is 24.0 Å². The molecule has 3 N–H and O–H groups in total. The summed E-state index contributed by atoms with van der Waals surface area (Å²) in [4.78, 5) is 4.13. The van der Waals surface area contributed by atoms with Crippen molar-refractivity contribution in [2.75, 3.05) is 5.75 Å². The van der Waals surface area contributed by atoms with Crippen molar-refractivity contribution in [3.8, 4) is 0 Å². The molecule has 1 saturated carbocycles. The number of nitrogens with zero attached hydrogens (tertiary/aromatic N) is 1. The molecule has 3 nitrogen and oxygen atoms in total. The molecule has 88 valence electrons. The molecule has 1 aromatic heterocycles. The van der Waals surface area contributed by atoms with Crippen molar-refractivity contribution in [3.05, 3.63) is 30.1 Å². The van der Waals surface area contributed by atoms with Gasteiger partial charge in [-0.2, -0.15) is 11.8 Å². The van der Waals surface area contributed by atoms with Crippen LogP contribution in [-0.2, 0) is 0 Å². The van der Waals surface area contributed by atoms with Crippen LogP contribution in [0.3, 0.4) is 0 Å². The maximum Gasteiger partial charge on any atom is 0.0565 e. The van der Waals surface area contributed by atoms with Crippen molar-refractivity contribution in [2.24, 2.45) is 5.84 Å². The molecule has 1 atom stereocenters. The topological polar surface area (TPSA) is 50.9 Å². The lowest BCUT2D eigenvalue weighted by Gasteiger charge is -2.17. The summed E-state index contributed by atoms with van der Waals surface area (Å²) in [5.41, 5.74) is 4.06. The zero-order valence-corrected chi connectivity index (χ0v) is 10.2. The first-order valence-electron chi connectivity index (χ1n) is 5.88. The second-order valence-corrected chi connectivity index (χ2v) is 5.58. The van der Waals surface area contributed by atoms with Crippen LogP contribution in [0.25, 0.3) is 0 Å². The van der Waals surface area contributed by atoms with E-state index >= 15 is 0 Å². The Morgan fingerprint density at radius 2 is 2.31 bits per heavy atom. The van der Waals surface area contributed by atoms with Gasteiger partial charge >= 0.3 is 0 Å². The molecule has 16 heavy (non-hydrogen) atoms. The van der Waals surface area contributed by atoms with Crippen LogP contribution in [0.5, 0.6) is 0 Å². The van der Waals surface area contributed by atoms with Gasteiger partial charge in [0, 0.05) is 23.4 Å². The summed E-state index contributed by atoms with van der Waals surface area (Å²) in [6.45, 7) is 0. The zero-order valence-electron chi connectivity index (χ0n) is 9.43. The average molecular weight is 237 g/mol. The fraction of sp³-hybridized carbons (Fsp3) is 0.583. The van der Waals surface area contributed by atoms with Gasteiger partial charge < -0.3 is 0 Å². The standard InChI is InChI=1S/C12H19N3S/c13-15-12(10-4-3-7-14-8-10)9-16-11-5-1-2-6-11/h3-4,7-8,11-12,15H,1-2,5-6,9,13H2. The monoisotopic (exact) mass is 237 g/mol. The van der Waals surface area contributed by atoms with Crippen LogP contribution < -0.4 is 11.3 Å². The summed E-state index contributed by atoms with van der Waals surface area (Å²) in [7, 11) is 0. The average Bonchev–Trinajstić information content (AvgIpc) is 2.84. The molecule has 0 aliphatic heterocycles. The largest absolute Gasteiger partial charge is 0.271 e. The number of pyridine rings is 1. The molecule has 1 aliphatic carbocycles. The summed E-state index contributed by atoms with van der Waals surface area (Å²) in [5, 5.41) is 0.840. The predicted octanol–water partition coefficient (Wildman–Crippen LogP) is 2.26. The van der Waals surface area contributed by atoms with Crippen LogP contribution in [0.15, 0.2) is 24.5 Å². The van der Waals surface area contributed by atoms with Crippen LogP contribution in [0, 0.1) is 0 Å². The Hall–Kier alpha value is -0.580. The summed E-state index contributed by atoms with van der Waals surface area (Å²) in [5.74, 6) is 6.63. The van der Waals surface area contributed by atoms with Crippen molar-refractivity contribution in [2.45, 2.75) is 37.0 Å². The molecule has 1 unspecified atom stereocenters. The molecule has 0 spiro atoms. The second-order valence-electron chi connectivity index (χ2n) is 4.25. The van der Waals surface area contributed by atoms with E-state index in [0.29, 0.717) is 0 Å². The van der Waals surface area contributed by atoms with E-state index in [9.17, 15) is 0 Å². The molecule has 4 heteroatoms. The number of hydrogen-bond donors (Lipinski definition) is 2. The highest BCUT2D eigenvalue weighted by Crippen LogP contribution is 2.31. The highest BCUT2D eigenvalue weighted by molar-refractivity contribution is 7.99. The van der Waals surface area contributed by atoms with Crippen LogP contribution in [0.2, 0.25) is 0 Å². The highest BCUT2D eigenvalue weighted by Gasteiger charge is 2.18. The van der Waals surface area contributed by atoms with E-state index in [4.69, 9.17) is 5.84 Å². The lowest BCUT2D eigenvalue weighted by Crippen LogP contribution is -2.30. The van der Waals surface area contributed by atoms with E-state index in [1.54, 1.807) is 6.20 Å². The molecule has 0 bridgehead atoms. The normalized spacial score (nSPS) is 18.8. The van der Waals surface area contributed by atoms with Crippen LogP contribution in [0.4, 0.5) is 0 Å². The van der Waals surface area contributed by atoms with E-state index < -0.39 is 0 Å². The molecule has 0 saturated heterocycles. The number of hydrazine groups is 1.